The second-order valence-corrected chi connectivity index (χ2v) is 4.77. The molecule has 4 nitrogen and oxygen atoms in total. The van der Waals surface area contributed by atoms with Gasteiger partial charge in [0.05, 0.1) is 5.69 Å². The van der Waals surface area contributed by atoms with Gasteiger partial charge in [0.1, 0.15) is 5.82 Å². The molecule has 0 bridgehead atoms. The van der Waals surface area contributed by atoms with Crippen LogP contribution in [0.15, 0.2) is 36.8 Å². The summed E-state index contributed by atoms with van der Waals surface area (Å²) in [7, 11) is 0. The predicted octanol–water partition coefficient (Wildman–Crippen LogP) is 1.95. The zero-order chi connectivity index (χ0) is 12.2. The van der Waals surface area contributed by atoms with E-state index in [4.69, 9.17) is 0 Å². The third-order valence-corrected chi connectivity index (χ3v) is 3.49. The molecule has 0 saturated heterocycles. The number of hydrogen-bond acceptors (Lipinski definition) is 3. The Balaban J connectivity index is 1.56. The highest BCUT2D eigenvalue weighted by molar-refractivity contribution is 5.06. The van der Waals surface area contributed by atoms with E-state index in [1.807, 2.05) is 24.5 Å². The molecule has 3 heterocycles. The SMILES string of the molecule is c1ccc(CNCC2CCCn3ccnc32)nc1. The third-order valence-electron chi connectivity index (χ3n) is 3.49. The van der Waals surface area contributed by atoms with Gasteiger partial charge in [0, 0.05) is 44.1 Å². The van der Waals surface area contributed by atoms with Crippen LogP contribution < -0.4 is 5.32 Å². The number of aromatic nitrogens is 3. The topological polar surface area (TPSA) is 42.7 Å². The Kier molecular flexibility index (Phi) is 3.37. The molecular formula is C14H18N4. The predicted molar refractivity (Wildman–Crippen MR) is 70.1 cm³/mol. The fourth-order valence-electron chi connectivity index (χ4n) is 2.58. The minimum absolute atomic E-state index is 0.539. The molecule has 1 aliphatic heterocycles. The van der Waals surface area contributed by atoms with Crippen LogP contribution in [-0.4, -0.2) is 21.1 Å². The molecule has 1 aliphatic rings. The average molecular weight is 242 g/mol. The molecule has 0 radical (unpaired) electrons. The van der Waals surface area contributed by atoms with Gasteiger partial charge in [0.2, 0.25) is 0 Å². The fraction of sp³-hybridized carbons (Fsp3) is 0.429. The van der Waals surface area contributed by atoms with Gasteiger partial charge < -0.3 is 9.88 Å². The molecule has 0 aromatic carbocycles. The summed E-state index contributed by atoms with van der Waals surface area (Å²) in [6, 6.07) is 6.02. The molecule has 1 N–H and O–H groups in total. The number of nitrogens with one attached hydrogen (secondary N) is 1. The summed E-state index contributed by atoms with van der Waals surface area (Å²) < 4.78 is 2.27. The minimum atomic E-state index is 0.539. The van der Waals surface area contributed by atoms with Gasteiger partial charge in [-0.15, -0.1) is 0 Å². The first-order valence-electron chi connectivity index (χ1n) is 6.55. The van der Waals surface area contributed by atoms with Crippen molar-refractivity contribution < 1.29 is 0 Å². The number of pyridine rings is 1. The summed E-state index contributed by atoms with van der Waals surface area (Å²) in [4.78, 5) is 8.78. The molecule has 1 atom stereocenters. The van der Waals surface area contributed by atoms with Crippen molar-refractivity contribution in [3.8, 4) is 0 Å². The van der Waals surface area contributed by atoms with Gasteiger partial charge in [-0.2, -0.15) is 0 Å². The van der Waals surface area contributed by atoms with Crippen LogP contribution in [0.3, 0.4) is 0 Å². The van der Waals surface area contributed by atoms with E-state index in [9.17, 15) is 0 Å². The van der Waals surface area contributed by atoms with Gasteiger partial charge in [0.25, 0.3) is 0 Å². The molecule has 94 valence electrons. The van der Waals surface area contributed by atoms with E-state index in [1.54, 1.807) is 0 Å². The molecule has 2 aromatic rings. The van der Waals surface area contributed by atoms with Crippen LogP contribution in [-0.2, 0) is 13.1 Å². The Hall–Kier alpha value is -1.68. The van der Waals surface area contributed by atoms with Crippen molar-refractivity contribution in [1.29, 1.82) is 0 Å². The lowest BCUT2D eigenvalue weighted by Crippen LogP contribution is -2.26. The number of hydrogen-bond donors (Lipinski definition) is 1. The summed E-state index contributed by atoms with van der Waals surface area (Å²) in [6.07, 6.45) is 8.31. The first-order valence-corrected chi connectivity index (χ1v) is 6.55. The van der Waals surface area contributed by atoms with Crippen LogP contribution in [0.5, 0.6) is 0 Å². The molecule has 4 heteroatoms. The van der Waals surface area contributed by atoms with Gasteiger partial charge in [-0.1, -0.05) is 6.07 Å². The Bertz CT molecular complexity index is 492. The summed E-state index contributed by atoms with van der Waals surface area (Å²) in [6.45, 7) is 2.93. The van der Waals surface area contributed by atoms with Crippen LogP contribution >= 0.6 is 0 Å². The average Bonchev–Trinajstić information content (AvgIpc) is 2.89. The van der Waals surface area contributed by atoms with Crippen LogP contribution in [0, 0.1) is 0 Å². The van der Waals surface area contributed by atoms with E-state index >= 15 is 0 Å². The van der Waals surface area contributed by atoms with Crippen LogP contribution in [0.1, 0.15) is 30.3 Å². The normalized spacial score (nSPS) is 18.6. The van der Waals surface area contributed by atoms with E-state index in [2.05, 4.69) is 32.1 Å². The number of rotatable bonds is 4. The molecule has 0 spiro atoms. The standard InChI is InChI=1S/C14H18N4/c1-2-6-16-13(5-1)11-15-10-12-4-3-8-18-9-7-17-14(12)18/h1-2,5-7,9,12,15H,3-4,8,10-11H2. The summed E-state index contributed by atoms with van der Waals surface area (Å²) in [5, 5.41) is 3.49. The maximum Gasteiger partial charge on any atom is 0.113 e. The van der Waals surface area contributed by atoms with Crippen molar-refractivity contribution in [3.63, 3.8) is 0 Å². The second-order valence-electron chi connectivity index (χ2n) is 4.77. The van der Waals surface area contributed by atoms with E-state index < -0.39 is 0 Å². The van der Waals surface area contributed by atoms with Gasteiger partial charge in [0.15, 0.2) is 0 Å². The maximum absolute atomic E-state index is 4.47. The number of imidazole rings is 1. The lowest BCUT2D eigenvalue weighted by Gasteiger charge is -2.23. The molecule has 18 heavy (non-hydrogen) atoms. The van der Waals surface area contributed by atoms with Crippen LogP contribution in [0.25, 0.3) is 0 Å². The molecular weight excluding hydrogens is 224 g/mol. The number of nitrogens with zero attached hydrogens (tertiary/aromatic N) is 3. The number of aryl methyl sites for hydroxylation is 1. The molecule has 0 amide bonds. The lowest BCUT2D eigenvalue weighted by atomic mass is 9.99. The summed E-state index contributed by atoms with van der Waals surface area (Å²) >= 11 is 0. The van der Waals surface area contributed by atoms with Gasteiger partial charge in [-0.3, -0.25) is 4.98 Å². The highest BCUT2D eigenvalue weighted by atomic mass is 15.1. The van der Waals surface area contributed by atoms with Crippen molar-refractivity contribution in [1.82, 2.24) is 19.9 Å². The lowest BCUT2D eigenvalue weighted by molar-refractivity contribution is 0.422. The quantitative estimate of drug-likeness (QED) is 0.891. The summed E-state index contributed by atoms with van der Waals surface area (Å²) in [5.41, 5.74) is 1.09. The zero-order valence-corrected chi connectivity index (χ0v) is 10.4. The fourth-order valence-corrected chi connectivity index (χ4v) is 2.58. The van der Waals surface area contributed by atoms with E-state index in [0.717, 1.165) is 25.3 Å². The highest BCUT2D eigenvalue weighted by Gasteiger charge is 2.20. The Morgan fingerprint density at radius 3 is 3.17 bits per heavy atom. The molecule has 0 saturated carbocycles. The minimum Gasteiger partial charge on any atom is -0.335 e. The van der Waals surface area contributed by atoms with Crippen LogP contribution in [0.2, 0.25) is 0 Å². The van der Waals surface area contributed by atoms with Crippen molar-refractivity contribution in [2.75, 3.05) is 6.54 Å². The molecule has 0 fully saturated rings. The monoisotopic (exact) mass is 242 g/mol. The highest BCUT2D eigenvalue weighted by Crippen LogP contribution is 2.24. The Morgan fingerprint density at radius 1 is 1.28 bits per heavy atom. The van der Waals surface area contributed by atoms with Crippen LogP contribution in [0.4, 0.5) is 0 Å². The number of fused-ring (bicyclic) bond motifs is 1. The zero-order valence-electron chi connectivity index (χ0n) is 10.4. The van der Waals surface area contributed by atoms with Crippen molar-refractivity contribution in [2.45, 2.75) is 31.8 Å². The van der Waals surface area contributed by atoms with E-state index in [0.29, 0.717) is 5.92 Å². The first-order chi connectivity index (χ1) is 8.93. The largest absolute Gasteiger partial charge is 0.335 e. The Morgan fingerprint density at radius 2 is 2.28 bits per heavy atom. The van der Waals surface area contributed by atoms with Gasteiger partial charge in [-0.05, 0) is 25.0 Å². The maximum atomic E-state index is 4.47. The van der Waals surface area contributed by atoms with E-state index in [-0.39, 0.29) is 0 Å². The molecule has 2 aromatic heterocycles. The first kappa shape index (κ1) is 11.4. The van der Waals surface area contributed by atoms with Gasteiger partial charge in [-0.25, -0.2) is 4.98 Å². The smallest absolute Gasteiger partial charge is 0.113 e. The van der Waals surface area contributed by atoms with E-state index in [1.165, 1.54) is 18.7 Å². The van der Waals surface area contributed by atoms with Crippen molar-refractivity contribution in [2.24, 2.45) is 0 Å². The second kappa shape index (κ2) is 5.31. The Labute approximate surface area is 107 Å². The molecule has 3 rings (SSSR count). The van der Waals surface area contributed by atoms with Crippen molar-refractivity contribution in [3.05, 3.63) is 48.3 Å². The third kappa shape index (κ3) is 2.43. The summed E-state index contributed by atoms with van der Waals surface area (Å²) in [5.74, 6) is 1.77. The molecule has 1 unspecified atom stereocenters. The van der Waals surface area contributed by atoms with Crippen molar-refractivity contribution >= 4 is 0 Å². The van der Waals surface area contributed by atoms with Gasteiger partial charge >= 0.3 is 0 Å². The molecule has 0 aliphatic carbocycles.